The Morgan fingerprint density at radius 2 is 1.86 bits per heavy atom. The van der Waals surface area contributed by atoms with E-state index in [1.807, 2.05) is 60.4 Å². The monoisotopic (exact) mass is 493 g/mol. The molecule has 6 nitrogen and oxygen atoms in total. The first-order valence-corrected chi connectivity index (χ1v) is 12.7. The molecule has 0 unspecified atom stereocenters. The van der Waals surface area contributed by atoms with Gasteiger partial charge in [-0.05, 0) is 43.3 Å². The molecule has 2 aliphatic heterocycles. The molecule has 1 saturated heterocycles. The molecule has 0 bridgehead atoms. The molecule has 2 aromatic rings. The van der Waals surface area contributed by atoms with E-state index < -0.39 is 9.84 Å². The Labute approximate surface area is 182 Å². The largest absolute Gasteiger partial charge is 0.325 e. The quantitative estimate of drug-likeness (QED) is 0.705. The van der Waals surface area contributed by atoms with Crippen LogP contribution in [-0.2, 0) is 14.6 Å². The SMILES string of the molecule is Cc1ccc(N2C(SCC(=O)Nc3ccc(Br)cc3)=N[C@@H]3CS(=O)(=O)C[C@@H]32)cc1. The molecule has 0 saturated carbocycles. The number of aryl methyl sites for hydroxylation is 1. The van der Waals surface area contributed by atoms with Crippen molar-refractivity contribution in [1.29, 1.82) is 0 Å². The third-order valence-electron chi connectivity index (χ3n) is 4.88. The van der Waals surface area contributed by atoms with Crippen LogP contribution in [-0.4, -0.2) is 48.8 Å². The van der Waals surface area contributed by atoms with Crippen molar-refractivity contribution >= 4 is 60.0 Å². The topological polar surface area (TPSA) is 78.8 Å². The maximum Gasteiger partial charge on any atom is 0.234 e. The van der Waals surface area contributed by atoms with Crippen LogP contribution in [0.3, 0.4) is 0 Å². The number of aliphatic imine (C=N–C) groups is 1. The zero-order chi connectivity index (χ0) is 20.6. The van der Waals surface area contributed by atoms with Gasteiger partial charge in [0.05, 0.1) is 29.3 Å². The number of benzene rings is 2. The fourth-order valence-corrected chi connectivity index (χ4v) is 6.53. The molecule has 4 rings (SSSR count). The summed E-state index contributed by atoms with van der Waals surface area (Å²) in [5.41, 5.74) is 2.76. The molecule has 0 aromatic heterocycles. The first-order chi connectivity index (χ1) is 13.8. The summed E-state index contributed by atoms with van der Waals surface area (Å²) in [5, 5.41) is 3.57. The minimum Gasteiger partial charge on any atom is -0.325 e. The number of fused-ring (bicyclic) bond motifs is 1. The molecule has 2 aliphatic rings. The Hall–Kier alpha value is -1.84. The van der Waals surface area contributed by atoms with Crippen molar-refractivity contribution in [2.24, 2.45) is 4.99 Å². The first kappa shape index (κ1) is 20.4. The van der Waals surface area contributed by atoms with E-state index in [1.54, 1.807) is 0 Å². The van der Waals surface area contributed by atoms with Crippen molar-refractivity contribution < 1.29 is 13.2 Å². The highest BCUT2D eigenvalue weighted by Crippen LogP contribution is 2.35. The van der Waals surface area contributed by atoms with Crippen LogP contribution in [0.5, 0.6) is 0 Å². The highest BCUT2D eigenvalue weighted by molar-refractivity contribution is 9.10. The fourth-order valence-electron chi connectivity index (χ4n) is 3.50. The van der Waals surface area contributed by atoms with Crippen LogP contribution in [0.2, 0.25) is 0 Å². The van der Waals surface area contributed by atoms with E-state index in [4.69, 9.17) is 0 Å². The number of amidine groups is 1. The van der Waals surface area contributed by atoms with Gasteiger partial charge in [0, 0.05) is 15.8 Å². The summed E-state index contributed by atoms with van der Waals surface area (Å²) in [4.78, 5) is 19.0. The molecular formula is C20H20BrN3O3S2. The summed E-state index contributed by atoms with van der Waals surface area (Å²) in [6.45, 7) is 2.01. The number of nitrogens with zero attached hydrogens (tertiary/aromatic N) is 2. The van der Waals surface area contributed by atoms with Gasteiger partial charge in [-0.15, -0.1) is 0 Å². The molecular weight excluding hydrogens is 474 g/mol. The lowest BCUT2D eigenvalue weighted by atomic mass is 10.1. The summed E-state index contributed by atoms with van der Waals surface area (Å²) >= 11 is 4.71. The van der Waals surface area contributed by atoms with Crippen LogP contribution < -0.4 is 10.2 Å². The van der Waals surface area contributed by atoms with Crippen molar-refractivity contribution in [3.05, 3.63) is 58.6 Å². The number of rotatable bonds is 4. The second-order valence-electron chi connectivity index (χ2n) is 7.17. The molecule has 0 aliphatic carbocycles. The summed E-state index contributed by atoms with van der Waals surface area (Å²) < 4.78 is 25.2. The highest BCUT2D eigenvalue weighted by Gasteiger charge is 2.47. The van der Waals surface area contributed by atoms with Crippen LogP contribution in [0.1, 0.15) is 5.56 Å². The number of carbonyl (C=O) groups is 1. The lowest BCUT2D eigenvalue weighted by Crippen LogP contribution is -2.39. The first-order valence-electron chi connectivity index (χ1n) is 9.13. The van der Waals surface area contributed by atoms with Crippen molar-refractivity contribution in [1.82, 2.24) is 0 Å². The maximum atomic E-state index is 12.4. The minimum atomic E-state index is -3.09. The van der Waals surface area contributed by atoms with Gasteiger partial charge in [-0.1, -0.05) is 45.4 Å². The van der Waals surface area contributed by atoms with Gasteiger partial charge in [0.2, 0.25) is 5.91 Å². The van der Waals surface area contributed by atoms with Gasteiger partial charge in [0.1, 0.15) is 0 Å². The van der Waals surface area contributed by atoms with Gasteiger partial charge >= 0.3 is 0 Å². The predicted octanol–water partition coefficient (Wildman–Crippen LogP) is 3.47. The second kappa shape index (κ2) is 8.12. The number of halogens is 1. The summed E-state index contributed by atoms with van der Waals surface area (Å²) in [6, 6.07) is 14.8. The van der Waals surface area contributed by atoms with E-state index in [2.05, 4.69) is 26.2 Å². The zero-order valence-corrected chi connectivity index (χ0v) is 18.9. The lowest BCUT2D eigenvalue weighted by molar-refractivity contribution is -0.113. The number of hydrogen-bond acceptors (Lipinski definition) is 6. The van der Waals surface area contributed by atoms with Crippen LogP contribution in [0, 0.1) is 6.92 Å². The lowest BCUT2D eigenvalue weighted by Gasteiger charge is -2.26. The Bertz CT molecular complexity index is 1050. The zero-order valence-electron chi connectivity index (χ0n) is 15.7. The van der Waals surface area contributed by atoms with E-state index >= 15 is 0 Å². The van der Waals surface area contributed by atoms with Crippen molar-refractivity contribution in [2.75, 3.05) is 27.5 Å². The molecule has 1 amide bonds. The average molecular weight is 494 g/mol. The predicted molar refractivity (Wildman–Crippen MR) is 123 cm³/mol. The molecule has 1 fully saturated rings. The van der Waals surface area contributed by atoms with Gasteiger partial charge < -0.3 is 10.2 Å². The van der Waals surface area contributed by atoms with Gasteiger partial charge in [-0.25, -0.2) is 8.42 Å². The standard InChI is InChI=1S/C20H20BrN3O3S2/c1-13-2-8-16(9-3-13)24-18-12-29(26,27)11-17(18)23-20(24)28-10-19(25)22-15-6-4-14(21)5-7-15/h2-9,17-18H,10-12H2,1H3,(H,22,25)/t17-,18+/m1/s1. The van der Waals surface area contributed by atoms with Crippen molar-refractivity contribution in [3.63, 3.8) is 0 Å². The summed E-state index contributed by atoms with van der Waals surface area (Å²) in [6.07, 6.45) is 0. The third-order valence-corrected chi connectivity index (χ3v) is 8.07. The highest BCUT2D eigenvalue weighted by atomic mass is 79.9. The van der Waals surface area contributed by atoms with E-state index in [0.717, 1.165) is 21.4 Å². The fraction of sp³-hybridized carbons (Fsp3) is 0.300. The molecule has 1 N–H and O–H groups in total. The van der Waals surface area contributed by atoms with Gasteiger partial charge in [-0.2, -0.15) is 0 Å². The Balaban J connectivity index is 1.49. The molecule has 2 aromatic carbocycles. The molecule has 2 atom stereocenters. The molecule has 9 heteroatoms. The Kier molecular flexibility index (Phi) is 5.72. The molecule has 152 valence electrons. The minimum absolute atomic E-state index is 0.0647. The average Bonchev–Trinajstić information content (AvgIpc) is 3.14. The van der Waals surface area contributed by atoms with E-state index in [-0.39, 0.29) is 35.2 Å². The van der Waals surface area contributed by atoms with Crippen LogP contribution in [0.4, 0.5) is 11.4 Å². The molecule has 0 radical (unpaired) electrons. The molecule has 29 heavy (non-hydrogen) atoms. The normalized spacial score (nSPS) is 22.3. The Morgan fingerprint density at radius 3 is 2.55 bits per heavy atom. The van der Waals surface area contributed by atoms with Crippen molar-refractivity contribution in [2.45, 2.75) is 19.0 Å². The van der Waals surface area contributed by atoms with Gasteiger partial charge in [0.25, 0.3) is 0 Å². The number of sulfone groups is 1. The molecule has 0 spiro atoms. The number of amides is 1. The number of carbonyl (C=O) groups excluding carboxylic acids is 1. The van der Waals surface area contributed by atoms with Crippen molar-refractivity contribution in [3.8, 4) is 0 Å². The summed E-state index contributed by atoms with van der Waals surface area (Å²) in [5.74, 6) is 0.219. The number of thioether (sulfide) groups is 1. The van der Waals surface area contributed by atoms with Crippen LogP contribution in [0.15, 0.2) is 58.0 Å². The number of hydrogen-bond donors (Lipinski definition) is 1. The van der Waals surface area contributed by atoms with Crippen LogP contribution >= 0.6 is 27.7 Å². The van der Waals surface area contributed by atoms with E-state index in [0.29, 0.717) is 5.17 Å². The van der Waals surface area contributed by atoms with E-state index in [1.165, 1.54) is 11.8 Å². The molecule has 2 heterocycles. The second-order valence-corrected chi connectivity index (χ2v) is 11.2. The van der Waals surface area contributed by atoms with Crippen LogP contribution in [0.25, 0.3) is 0 Å². The van der Waals surface area contributed by atoms with E-state index in [9.17, 15) is 13.2 Å². The summed E-state index contributed by atoms with van der Waals surface area (Å²) in [7, 11) is -3.09. The van der Waals surface area contributed by atoms with Gasteiger partial charge in [0.15, 0.2) is 15.0 Å². The smallest absolute Gasteiger partial charge is 0.234 e. The maximum absolute atomic E-state index is 12.4. The van der Waals surface area contributed by atoms with Gasteiger partial charge in [-0.3, -0.25) is 9.79 Å². The Morgan fingerprint density at radius 1 is 1.17 bits per heavy atom. The number of anilines is 2. The third kappa shape index (κ3) is 4.67. The number of nitrogens with one attached hydrogen (secondary N) is 1.